The highest BCUT2D eigenvalue weighted by molar-refractivity contribution is 7.89. The molecule has 0 spiro atoms. The van der Waals surface area contributed by atoms with Gasteiger partial charge in [-0.1, -0.05) is 12.1 Å². The molecule has 0 atom stereocenters. The van der Waals surface area contributed by atoms with E-state index in [0.717, 1.165) is 0 Å². The Morgan fingerprint density at radius 2 is 1.81 bits per heavy atom. The Morgan fingerprint density at radius 1 is 1.13 bits per heavy atom. The maximum absolute atomic E-state index is 13.9. The van der Waals surface area contributed by atoms with Crippen molar-refractivity contribution in [2.45, 2.75) is 23.8 Å². The van der Waals surface area contributed by atoms with Crippen LogP contribution < -0.4 is 14.8 Å². The summed E-state index contributed by atoms with van der Waals surface area (Å²) in [4.78, 5) is 26.6. The monoisotopic (exact) mass is 449 g/mol. The average molecular weight is 450 g/mol. The number of hydrogen-bond donors (Lipinski definition) is 2. The maximum atomic E-state index is 13.9. The molecule has 2 N–H and O–H groups in total. The molecular weight excluding hydrogens is 425 g/mol. The molecule has 2 aromatic carbocycles. The fraction of sp³-hybridized carbons (Fsp3) is 0.333. The lowest BCUT2D eigenvalue weighted by atomic mass is 10.0. The van der Waals surface area contributed by atoms with Crippen LogP contribution in [0.5, 0.6) is 5.75 Å². The third-order valence-electron chi connectivity index (χ3n) is 5.21. The molecule has 0 radical (unpaired) electrons. The van der Waals surface area contributed by atoms with Crippen LogP contribution in [0.1, 0.15) is 33.6 Å². The standard InChI is InChI=1S/C21H24FN3O5S/c1-23-31(28,29)19-13-14(7-8-18(19)30-2)20(26)24-15-9-11-25(12-10-15)21(27)16-5-3-4-6-17(16)22/h3-8,13,15,23H,9-12H2,1-2H3,(H,24,26). The van der Waals surface area contributed by atoms with Crippen molar-refractivity contribution in [3.05, 3.63) is 59.4 Å². The van der Waals surface area contributed by atoms with Gasteiger partial charge in [0.2, 0.25) is 10.0 Å². The van der Waals surface area contributed by atoms with Crippen molar-refractivity contribution in [1.82, 2.24) is 14.9 Å². The molecule has 166 valence electrons. The SMILES string of the molecule is CNS(=O)(=O)c1cc(C(=O)NC2CCN(C(=O)c3ccccc3F)CC2)ccc1OC. The molecular formula is C21H24FN3O5S. The van der Waals surface area contributed by atoms with E-state index in [0.29, 0.717) is 25.9 Å². The molecule has 0 saturated carbocycles. The fourth-order valence-electron chi connectivity index (χ4n) is 3.44. The lowest BCUT2D eigenvalue weighted by Crippen LogP contribution is -2.46. The van der Waals surface area contributed by atoms with Gasteiger partial charge >= 0.3 is 0 Å². The van der Waals surface area contributed by atoms with E-state index in [1.165, 1.54) is 50.6 Å². The van der Waals surface area contributed by atoms with Gasteiger partial charge < -0.3 is 15.0 Å². The molecule has 2 aromatic rings. The second-order valence-electron chi connectivity index (χ2n) is 7.09. The zero-order chi connectivity index (χ0) is 22.6. The number of carbonyl (C=O) groups is 2. The highest BCUT2D eigenvalue weighted by Gasteiger charge is 2.27. The molecule has 31 heavy (non-hydrogen) atoms. The van der Waals surface area contributed by atoms with Crippen LogP contribution in [0.4, 0.5) is 4.39 Å². The van der Waals surface area contributed by atoms with Gasteiger partial charge in [-0.15, -0.1) is 0 Å². The number of amides is 2. The van der Waals surface area contributed by atoms with Gasteiger partial charge in [-0.05, 0) is 50.2 Å². The first-order valence-electron chi connectivity index (χ1n) is 9.73. The van der Waals surface area contributed by atoms with Crippen molar-refractivity contribution in [3.63, 3.8) is 0 Å². The van der Waals surface area contributed by atoms with E-state index in [1.807, 2.05) is 0 Å². The fourth-order valence-corrected chi connectivity index (χ4v) is 4.36. The van der Waals surface area contributed by atoms with E-state index >= 15 is 0 Å². The number of nitrogens with zero attached hydrogens (tertiary/aromatic N) is 1. The molecule has 1 heterocycles. The van der Waals surface area contributed by atoms with Crippen LogP contribution in [-0.2, 0) is 10.0 Å². The summed E-state index contributed by atoms with van der Waals surface area (Å²) < 4.78 is 45.6. The van der Waals surface area contributed by atoms with Crippen molar-refractivity contribution in [2.24, 2.45) is 0 Å². The van der Waals surface area contributed by atoms with E-state index in [9.17, 15) is 22.4 Å². The molecule has 3 rings (SSSR count). The molecule has 2 amide bonds. The Bertz CT molecular complexity index is 1080. The molecule has 0 bridgehead atoms. The molecule has 10 heteroatoms. The number of halogens is 1. The number of piperidine rings is 1. The molecule has 0 aliphatic carbocycles. The minimum atomic E-state index is -3.81. The minimum absolute atomic E-state index is 0.0292. The highest BCUT2D eigenvalue weighted by atomic mass is 32.2. The summed E-state index contributed by atoms with van der Waals surface area (Å²) in [6.45, 7) is 0.750. The summed E-state index contributed by atoms with van der Waals surface area (Å²) in [6, 6.07) is 9.82. The van der Waals surface area contributed by atoms with E-state index in [4.69, 9.17) is 4.74 Å². The largest absolute Gasteiger partial charge is 0.495 e. The number of rotatable bonds is 6. The van der Waals surface area contributed by atoms with Gasteiger partial charge in [-0.3, -0.25) is 9.59 Å². The molecule has 1 saturated heterocycles. The predicted octanol–water partition coefficient (Wildman–Crippen LogP) is 1.78. The number of carbonyl (C=O) groups excluding carboxylic acids is 2. The van der Waals surface area contributed by atoms with Crippen molar-refractivity contribution in [2.75, 3.05) is 27.2 Å². The predicted molar refractivity (Wildman–Crippen MR) is 112 cm³/mol. The van der Waals surface area contributed by atoms with Crippen LogP contribution in [0, 0.1) is 5.82 Å². The second-order valence-corrected chi connectivity index (χ2v) is 8.95. The summed E-state index contributed by atoms with van der Waals surface area (Å²) in [7, 11) is -1.18. The Hall–Kier alpha value is -2.98. The van der Waals surface area contributed by atoms with Gasteiger partial charge in [0.05, 0.1) is 12.7 Å². The summed E-state index contributed by atoms with van der Waals surface area (Å²) >= 11 is 0. The molecule has 1 aliphatic heterocycles. The molecule has 1 aliphatic rings. The summed E-state index contributed by atoms with van der Waals surface area (Å²) in [5, 5.41) is 2.87. The van der Waals surface area contributed by atoms with Crippen molar-refractivity contribution < 1.29 is 27.1 Å². The van der Waals surface area contributed by atoms with Crippen LogP contribution in [0.15, 0.2) is 47.4 Å². The quantitative estimate of drug-likeness (QED) is 0.700. The smallest absolute Gasteiger partial charge is 0.256 e. The normalized spacial score (nSPS) is 14.9. The average Bonchev–Trinajstić information content (AvgIpc) is 2.79. The second kappa shape index (κ2) is 9.44. The number of ether oxygens (including phenoxy) is 1. The Balaban J connectivity index is 1.65. The van der Waals surface area contributed by atoms with Crippen LogP contribution in [-0.4, -0.2) is 58.4 Å². The number of benzene rings is 2. The lowest BCUT2D eigenvalue weighted by Gasteiger charge is -2.32. The number of nitrogens with one attached hydrogen (secondary N) is 2. The minimum Gasteiger partial charge on any atom is -0.495 e. The number of methoxy groups -OCH3 is 1. The Labute approximate surface area is 180 Å². The van der Waals surface area contributed by atoms with Gasteiger partial charge in [0.1, 0.15) is 16.5 Å². The van der Waals surface area contributed by atoms with Crippen LogP contribution in [0.2, 0.25) is 0 Å². The first-order chi connectivity index (χ1) is 14.8. The van der Waals surface area contributed by atoms with E-state index in [-0.39, 0.29) is 33.7 Å². The van der Waals surface area contributed by atoms with Gasteiger partial charge in [0.25, 0.3) is 11.8 Å². The van der Waals surface area contributed by atoms with Crippen LogP contribution in [0.25, 0.3) is 0 Å². The van der Waals surface area contributed by atoms with Crippen LogP contribution >= 0.6 is 0 Å². The van der Waals surface area contributed by atoms with E-state index in [1.54, 1.807) is 11.0 Å². The Kier molecular flexibility index (Phi) is 6.91. The third kappa shape index (κ3) is 5.02. The van der Waals surface area contributed by atoms with Gasteiger partial charge in [-0.25, -0.2) is 17.5 Å². The topological polar surface area (TPSA) is 105 Å². The lowest BCUT2D eigenvalue weighted by molar-refractivity contribution is 0.0693. The van der Waals surface area contributed by atoms with E-state index < -0.39 is 21.7 Å². The van der Waals surface area contributed by atoms with Crippen molar-refractivity contribution in [3.8, 4) is 5.75 Å². The first kappa shape index (κ1) is 22.7. The molecule has 0 aromatic heterocycles. The number of sulfonamides is 1. The summed E-state index contributed by atoms with van der Waals surface area (Å²) in [6.07, 6.45) is 1.01. The summed E-state index contributed by atoms with van der Waals surface area (Å²) in [5.74, 6) is -1.23. The first-order valence-corrected chi connectivity index (χ1v) is 11.2. The van der Waals surface area contributed by atoms with E-state index in [2.05, 4.69) is 10.0 Å². The third-order valence-corrected chi connectivity index (χ3v) is 6.64. The molecule has 0 unspecified atom stereocenters. The molecule has 1 fully saturated rings. The molecule has 8 nitrogen and oxygen atoms in total. The number of likely N-dealkylation sites (tertiary alicyclic amines) is 1. The Morgan fingerprint density at radius 3 is 2.42 bits per heavy atom. The van der Waals surface area contributed by atoms with Crippen molar-refractivity contribution in [1.29, 1.82) is 0 Å². The van der Waals surface area contributed by atoms with Crippen molar-refractivity contribution >= 4 is 21.8 Å². The van der Waals surface area contributed by atoms with Crippen LogP contribution in [0.3, 0.4) is 0 Å². The zero-order valence-electron chi connectivity index (χ0n) is 17.2. The highest BCUT2D eigenvalue weighted by Crippen LogP contribution is 2.25. The van der Waals surface area contributed by atoms with Gasteiger partial charge in [0.15, 0.2) is 0 Å². The van der Waals surface area contributed by atoms with Gasteiger partial charge in [-0.2, -0.15) is 0 Å². The zero-order valence-corrected chi connectivity index (χ0v) is 18.0. The number of hydrogen-bond acceptors (Lipinski definition) is 5. The maximum Gasteiger partial charge on any atom is 0.256 e. The van der Waals surface area contributed by atoms with Gasteiger partial charge in [0, 0.05) is 24.7 Å². The summed E-state index contributed by atoms with van der Waals surface area (Å²) in [5.41, 5.74) is 0.209.